The highest BCUT2D eigenvalue weighted by Crippen LogP contribution is 2.17. The quantitative estimate of drug-likeness (QED) is 0.633. The van der Waals surface area contributed by atoms with Crippen LogP contribution in [0.15, 0.2) is 0 Å². The van der Waals surface area contributed by atoms with Gasteiger partial charge in [0.2, 0.25) is 0 Å². The minimum absolute atomic E-state index is 0.251. The second kappa shape index (κ2) is 7.10. The number of aliphatic hydroxyl groups excluding tert-OH is 1. The molecule has 0 fully saturated rings. The van der Waals surface area contributed by atoms with Gasteiger partial charge in [0.05, 0.1) is 6.07 Å². The van der Waals surface area contributed by atoms with Crippen molar-refractivity contribution in [2.24, 2.45) is 5.73 Å². The van der Waals surface area contributed by atoms with Gasteiger partial charge in [0.15, 0.2) is 0 Å². The number of hydrogen-bond acceptors (Lipinski definition) is 4. The average Bonchev–Trinajstić information content (AvgIpc) is 2.13. The summed E-state index contributed by atoms with van der Waals surface area (Å²) in [6.07, 6.45) is 2.53. The highest BCUT2D eigenvalue weighted by atomic mass is 32.2. The molecule has 0 amide bonds. The van der Waals surface area contributed by atoms with Crippen LogP contribution in [0.1, 0.15) is 33.1 Å². The van der Waals surface area contributed by atoms with Gasteiger partial charge >= 0.3 is 0 Å². The number of rotatable bonds is 7. The Morgan fingerprint density at radius 3 is 2.79 bits per heavy atom. The third kappa shape index (κ3) is 7.19. The SMILES string of the molecule is CC(CCO)SCCCC(C)(N)C#N. The molecule has 0 bridgehead atoms. The molecule has 0 aliphatic rings. The molecular weight excluding hydrogens is 196 g/mol. The van der Waals surface area contributed by atoms with Crippen molar-refractivity contribution in [1.82, 2.24) is 0 Å². The Kier molecular flexibility index (Phi) is 6.98. The second-order valence-corrected chi connectivity index (χ2v) is 5.37. The van der Waals surface area contributed by atoms with E-state index in [1.54, 1.807) is 6.92 Å². The van der Waals surface area contributed by atoms with Crippen LogP contribution in [0.25, 0.3) is 0 Å². The summed E-state index contributed by atoms with van der Waals surface area (Å²) < 4.78 is 0. The number of thioether (sulfide) groups is 1. The van der Waals surface area contributed by atoms with Crippen molar-refractivity contribution in [1.29, 1.82) is 5.26 Å². The van der Waals surface area contributed by atoms with Crippen molar-refractivity contribution in [2.45, 2.75) is 43.9 Å². The predicted octanol–water partition coefficient (Wildman–Crippen LogP) is 1.51. The van der Waals surface area contributed by atoms with Crippen LogP contribution in [0.2, 0.25) is 0 Å². The molecule has 14 heavy (non-hydrogen) atoms. The molecule has 0 aromatic carbocycles. The van der Waals surface area contributed by atoms with Crippen molar-refractivity contribution >= 4 is 11.8 Å². The topological polar surface area (TPSA) is 70.0 Å². The molecule has 0 spiro atoms. The smallest absolute Gasteiger partial charge is 0.101 e. The number of nitrogens with zero attached hydrogens (tertiary/aromatic N) is 1. The highest BCUT2D eigenvalue weighted by molar-refractivity contribution is 7.99. The molecule has 0 heterocycles. The fourth-order valence-electron chi connectivity index (χ4n) is 1.04. The van der Waals surface area contributed by atoms with Gasteiger partial charge in [-0.25, -0.2) is 0 Å². The van der Waals surface area contributed by atoms with Gasteiger partial charge in [-0.3, -0.25) is 0 Å². The zero-order valence-electron chi connectivity index (χ0n) is 8.99. The Morgan fingerprint density at radius 1 is 1.64 bits per heavy atom. The summed E-state index contributed by atoms with van der Waals surface area (Å²) in [7, 11) is 0. The van der Waals surface area contributed by atoms with Crippen LogP contribution in [0, 0.1) is 11.3 Å². The first kappa shape index (κ1) is 13.8. The molecular formula is C10H20N2OS. The van der Waals surface area contributed by atoms with E-state index < -0.39 is 5.54 Å². The van der Waals surface area contributed by atoms with Gasteiger partial charge in [0.25, 0.3) is 0 Å². The molecule has 0 aromatic heterocycles. The molecule has 3 nitrogen and oxygen atoms in total. The zero-order chi connectivity index (χ0) is 11.0. The summed E-state index contributed by atoms with van der Waals surface area (Å²) in [4.78, 5) is 0. The fraction of sp³-hybridized carbons (Fsp3) is 0.900. The third-order valence-electron chi connectivity index (χ3n) is 2.03. The molecule has 82 valence electrons. The molecule has 2 unspecified atom stereocenters. The Bertz CT molecular complexity index is 189. The monoisotopic (exact) mass is 216 g/mol. The molecule has 0 aliphatic carbocycles. The Hall–Kier alpha value is -0.240. The molecule has 0 aliphatic heterocycles. The van der Waals surface area contributed by atoms with Crippen LogP contribution in [0.3, 0.4) is 0 Å². The standard InChI is InChI=1S/C10H20N2OS/c1-9(4-6-13)14-7-3-5-10(2,12)8-11/h9,13H,3-7,12H2,1-2H3. The van der Waals surface area contributed by atoms with Crippen molar-refractivity contribution in [3.63, 3.8) is 0 Å². The fourth-order valence-corrected chi connectivity index (χ4v) is 2.03. The summed E-state index contributed by atoms with van der Waals surface area (Å²) >= 11 is 1.83. The number of hydrogen-bond donors (Lipinski definition) is 2. The van der Waals surface area contributed by atoms with Crippen molar-refractivity contribution < 1.29 is 5.11 Å². The molecule has 4 heteroatoms. The molecule has 2 atom stereocenters. The van der Waals surface area contributed by atoms with Crippen LogP contribution >= 0.6 is 11.8 Å². The molecule has 0 saturated heterocycles. The lowest BCUT2D eigenvalue weighted by Crippen LogP contribution is -2.33. The maximum absolute atomic E-state index is 8.68. The number of nitrogens with two attached hydrogens (primary N) is 1. The van der Waals surface area contributed by atoms with E-state index >= 15 is 0 Å². The lowest BCUT2D eigenvalue weighted by Gasteiger charge is -2.15. The Labute approximate surface area is 90.7 Å². The Morgan fingerprint density at radius 2 is 2.29 bits per heavy atom. The van der Waals surface area contributed by atoms with E-state index in [1.807, 2.05) is 11.8 Å². The van der Waals surface area contributed by atoms with Gasteiger partial charge in [-0.05, 0) is 31.9 Å². The van der Waals surface area contributed by atoms with Gasteiger partial charge in [-0.1, -0.05) is 6.92 Å². The third-order valence-corrected chi connectivity index (χ3v) is 3.36. The van der Waals surface area contributed by atoms with E-state index in [2.05, 4.69) is 13.0 Å². The van der Waals surface area contributed by atoms with Crippen LogP contribution in [-0.2, 0) is 0 Å². The first-order chi connectivity index (χ1) is 6.52. The summed E-state index contributed by atoms with van der Waals surface area (Å²) in [5, 5.41) is 17.8. The normalized spacial score (nSPS) is 17.1. The van der Waals surface area contributed by atoms with E-state index in [1.165, 1.54) is 0 Å². The van der Waals surface area contributed by atoms with Gasteiger partial charge in [0, 0.05) is 11.9 Å². The van der Waals surface area contributed by atoms with Crippen LogP contribution < -0.4 is 5.73 Å². The largest absolute Gasteiger partial charge is 0.396 e. The summed E-state index contributed by atoms with van der Waals surface area (Å²) in [6, 6.07) is 2.08. The van der Waals surface area contributed by atoms with Gasteiger partial charge in [-0.15, -0.1) is 0 Å². The summed E-state index contributed by atoms with van der Waals surface area (Å²) in [6.45, 7) is 4.11. The van der Waals surface area contributed by atoms with Gasteiger partial charge in [-0.2, -0.15) is 17.0 Å². The summed E-state index contributed by atoms with van der Waals surface area (Å²) in [5.74, 6) is 1.01. The minimum Gasteiger partial charge on any atom is -0.396 e. The predicted molar refractivity (Wildman–Crippen MR) is 61.1 cm³/mol. The van der Waals surface area contributed by atoms with E-state index in [0.717, 1.165) is 25.0 Å². The van der Waals surface area contributed by atoms with Crippen molar-refractivity contribution in [3.8, 4) is 6.07 Å². The van der Waals surface area contributed by atoms with Gasteiger partial charge in [0.1, 0.15) is 5.54 Å². The summed E-state index contributed by atoms with van der Waals surface area (Å²) in [5.41, 5.74) is 5.00. The van der Waals surface area contributed by atoms with Crippen LogP contribution in [-0.4, -0.2) is 28.3 Å². The van der Waals surface area contributed by atoms with E-state index in [4.69, 9.17) is 16.1 Å². The van der Waals surface area contributed by atoms with E-state index in [-0.39, 0.29) is 6.61 Å². The van der Waals surface area contributed by atoms with Crippen LogP contribution in [0.5, 0.6) is 0 Å². The lowest BCUT2D eigenvalue weighted by molar-refractivity contribution is 0.289. The maximum atomic E-state index is 8.68. The molecule has 0 saturated carbocycles. The molecule has 0 rings (SSSR count). The van der Waals surface area contributed by atoms with Crippen molar-refractivity contribution in [2.75, 3.05) is 12.4 Å². The number of aliphatic hydroxyl groups is 1. The Balaban J connectivity index is 3.43. The molecule has 0 radical (unpaired) electrons. The highest BCUT2D eigenvalue weighted by Gasteiger charge is 2.16. The minimum atomic E-state index is -0.680. The van der Waals surface area contributed by atoms with Crippen molar-refractivity contribution in [3.05, 3.63) is 0 Å². The maximum Gasteiger partial charge on any atom is 0.101 e. The van der Waals surface area contributed by atoms with E-state index in [9.17, 15) is 0 Å². The second-order valence-electron chi connectivity index (χ2n) is 3.83. The average molecular weight is 216 g/mol. The zero-order valence-corrected chi connectivity index (χ0v) is 9.81. The first-order valence-electron chi connectivity index (χ1n) is 4.94. The first-order valence-corrected chi connectivity index (χ1v) is 5.99. The van der Waals surface area contributed by atoms with E-state index in [0.29, 0.717) is 5.25 Å². The molecule has 3 N–H and O–H groups in total. The van der Waals surface area contributed by atoms with Crippen LogP contribution in [0.4, 0.5) is 0 Å². The molecule has 0 aromatic rings. The lowest BCUT2D eigenvalue weighted by atomic mass is 10.0. The van der Waals surface area contributed by atoms with Gasteiger partial charge < -0.3 is 10.8 Å². The number of nitriles is 1.